The number of aromatic nitrogens is 1. The summed E-state index contributed by atoms with van der Waals surface area (Å²) in [5.74, 6) is -2.29. The SMILES string of the molecule is CN(C(=O)c1cc(C(C=Nc2c(Cl)cc(C(F)(C(F)(F)F)C(F)(F)F)cc2OC(F)(F)F)=CN)cnc1Cl)C1CC1. The first-order valence-electron chi connectivity index (χ1n) is 11.0. The Morgan fingerprint density at radius 1 is 1.05 bits per heavy atom. The number of hydrogen-bond donors (Lipinski definition) is 1. The number of amides is 1. The van der Waals surface area contributed by atoms with Crippen molar-refractivity contribution in [1.29, 1.82) is 0 Å². The van der Waals surface area contributed by atoms with Gasteiger partial charge in [0.25, 0.3) is 5.91 Å². The third-order valence-corrected chi connectivity index (χ3v) is 6.35. The number of nitrogens with zero attached hydrogens (tertiary/aromatic N) is 3. The standard InChI is InChI=1S/C23H16Cl2F10N4O2/c1-39(13-2-3-13)19(40)14-4-10(8-38-18(14)25)11(7-36)9-37-17-15(24)5-12(6-16(17)41-23(33,34)35)20(26,21(27,28)29)22(30,31)32/h4-9,13H,2-3,36H2,1H3. The van der Waals surface area contributed by atoms with Gasteiger partial charge in [-0.05, 0) is 31.0 Å². The second kappa shape index (κ2) is 11.2. The molecule has 41 heavy (non-hydrogen) atoms. The molecule has 1 saturated carbocycles. The van der Waals surface area contributed by atoms with E-state index in [0.717, 1.165) is 25.2 Å². The molecule has 18 heteroatoms. The number of alkyl halides is 10. The maximum absolute atomic E-state index is 14.5. The van der Waals surface area contributed by atoms with E-state index < -0.39 is 58.4 Å². The first-order chi connectivity index (χ1) is 18.7. The molecule has 1 heterocycles. The van der Waals surface area contributed by atoms with Gasteiger partial charge in [0.1, 0.15) is 10.8 Å². The van der Waals surface area contributed by atoms with Gasteiger partial charge in [-0.2, -0.15) is 26.3 Å². The Hall–Kier alpha value is -3.27. The third-order valence-electron chi connectivity index (χ3n) is 5.76. The number of aliphatic imine (C=N–C) groups is 1. The van der Waals surface area contributed by atoms with E-state index in [0.29, 0.717) is 6.21 Å². The minimum Gasteiger partial charge on any atom is -0.404 e. The lowest BCUT2D eigenvalue weighted by molar-refractivity contribution is -0.348. The molecule has 224 valence electrons. The van der Waals surface area contributed by atoms with Gasteiger partial charge in [-0.25, -0.2) is 9.37 Å². The van der Waals surface area contributed by atoms with Crippen LogP contribution in [0.15, 0.2) is 35.6 Å². The quantitative estimate of drug-likeness (QED) is 0.193. The second-order valence-corrected chi connectivity index (χ2v) is 9.36. The number of hydrogen-bond acceptors (Lipinski definition) is 5. The van der Waals surface area contributed by atoms with Gasteiger partial charge < -0.3 is 15.4 Å². The molecular formula is C23H16Cl2F10N4O2. The molecule has 1 fully saturated rings. The van der Waals surface area contributed by atoms with Crippen molar-refractivity contribution in [2.24, 2.45) is 10.7 Å². The fourth-order valence-corrected chi connectivity index (χ4v) is 3.95. The van der Waals surface area contributed by atoms with Crippen molar-refractivity contribution in [3.05, 3.63) is 57.5 Å². The summed E-state index contributed by atoms with van der Waals surface area (Å²) in [4.78, 5) is 21.6. The van der Waals surface area contributed by atoms with Crippen molar-refractivity contribution >= 4 is 46.6 Å². The maximum atomic E-state index is 14.5. The molecule has 0 unspecified atom stereocenters. The zero-order chi connectivity index (χ0) is 31.1. The molecule has 1 aliphatic rings. The fraction of sp³-hybridized carbons (Fsp3) is 0.348. The van der Waals surface area contributed by atoms with Crippen LogP contribution in [0.25, 0.3) is 5.57 Å². The first-order valence-corrected chi connectivity index (χ1v) is 11.8. The molecule has 2 aromatic rings. The van der Waals surface area contributed by atoms with E-state index in [4.69, 9.17) is 28.9 Å². The van der Waals surface area contributed by atoms with Gasteiger partial charge in [-0.1, -0.05) is 23.2 Å². The van der Waals surface area contributed by atoms with Crippen LogP contribution in [0.3, 0.4) is 0 Å². The largest absolute Gasteiger partial charge is 0.573 e. The Labute approximate surface area is 234 Å². The number of carbonyl (C=O) groups excluding carboxylic acids is 1. The zero-order valence-electron chi connectivity index (χ0n) is 20.2. The number of allylic oxidation sites excluding steroid dienone is 1. The summed E-state index contributed by atoms with van der Waals surface area (Å²) in [6, 6.07) is 0.567. The van der Waals surface area contributed by atoms with Gasteiger partial charge in [0.2, 0.25) is 0 Å². The van der Waals surface area contributed by atoms with Gasteiger partial charge in [0.15, 0.2) is 5.75 Å². The Morgan fingerprint density at radius 3 is 2.12 bits per heavy atom. The topological polar surface area (TPSA) is 80.8 Å². The smallest absolute Gasteiger partial charge is 0.404 e. The molecule has 2 N–H and O–H groups in total. The van der Waals surface area contributed by atoms with Gasteiger partial charge >= 0.3 is 24.4 Å². The Balaban J connectivity index is 2.10. The highest BCUT2D eigenvalue weighted by molar-refractivity contribution is 6.34. The van der Waals surface area contributed by atoms with E-state index in [2.05, 4.69) is 14.7 Å². The van der Waals surface area contributed by atoms with Gasteiger partial charge in [0, 0.05) is 48.4 Å². The summed E-state index contributed by atoms with van der Waals surface area (Å²) in [5, 5.41) is -1.45. The minimum absolute atomic E-state index is 0.0109. The molecule has 1 aliphatic carbocycles. The lowest BCUT2D eigenvalue weighted by Gasteiger charge is -2.30. The summed E-state index contributed by atoms with van der Waals surface area (Å²) in [6.45, 7) is 0. The third kappa shape index (κ3) is 6.80. The van der Waals surface area contributed by atoms with Crippen LogP contribution < -0.4 is 10.5 Å². The van der Waals surface area contributed by atoms with Gasteiger partial charge in [-0.15, -0.1) is 13.2 Å². The van der Waals surface area contributed by atoms with Crippen molar-refractivity contribution in [3.8, 4) is 5.75 Å². The van der Waals surface area contributed by atoms with Crippen molar-refractivity contribution in [2.75, 3.05) is 7.05 Å². The molecule has 0 radical (unpaired) electrons. The molecule has 0 spiro atoms. The number of benzene rings is 1. The first kappa shape index (κ1) is 32.2. The maximum Gasteiger partial charge on any atom is 0.573 e. The zero-order valence-corrected chi connectivity index (χ0v) is 21.7. The molecule has 3 rings (SSSR count). The Bertz CT molecular complexity index is 1370. The summed E-state index contributed by atoms with van der Waals surface area (Å²) in [5.41, 5.74) is -4.20. The summed E-state index contributed by atoms with van der Waals surface area (Å²) < 4.78 is 136. The number of rotatable bonds is 7. The number of ether oxygens (including phenoxy) is 1. The van der Waals surface area contributed by atoms with Crippen LogP contribution in [0.4, 0.5) is 49.6 Å². The number of carbonyl (C=O) groups is 1. The van der Waals surface area contributed by atoms with E-state index in [1.54, 1.807) is 0 Å². The van der Waals surface area contributed by atoms with Crippen LogP contribution in [-0.2, 0) is 5.67 Å². The molecule has 1 aromatic heterocycles. The highest BCUT2D eigenvalue weighted by Gasteiger charge is 2.73. The summed E-state index contributed by atoms with van der Waals surface area (Å²) in [6.07, 6.45) is -14.8. The second-order valence-electron chi connectivity index (χ2n) is 8.60. The lowest BCUT2D eigenvalue weighted by Crippen LogP contribution is -2.50. The molecule has 1 aromatic carbocycles. The molecule has 6 nitrogen and oxygen atoms in total. The highest BCUT2D eigenvalue weighted by atomic mass is 35.5. The average Bonchev–Trinajstić information content (AvgIpc) is 3.68. The molecular weight excluding hydrogens is 625 g/mol. The predicted octanol–water partition coefficient (Wildman–Crippen LogP) is 7.51. The molecule has 1 amide bonds. The summed E-state index contributed by atoms with van der Waals surface area (Å²) >= 11 is 11.7. The van der Waals surface area contributed by atoms with Crippen molar-refractivity contribution < 1.29 is 53.4 Å². The van der Waals surface area contributed by atoms with Crippen molar-refractivity contribution in [1.82, 2.24) is 9.88 Å². The number of nitrogens with two attached hydrogens (primary N) is 1. The van der Waals surface area contributed by atoms with Crippen LogP contribution in [0, 0.1) is 0 Å². The predicted molar refractivity (Wildman–Crippen MR) is 128 cm³/mol. The van der Waals surface area contributed by atoms with Crippen LogP contribution >= 0.6 is 23.2 Å². The monoisotopic (exact) mass is 640 g/mol. The van der Waals surface area contributed by atoms with E-state index in [-0.39, 0.29) is 34.0 Å². The van der Waals surface area contributed by atoms with Crippen LogP contribution in [0.5, 0.6) is 5.75 Å². The minimum atomic E-state index is -6.64. The molecule has 0 aliphatic heterocycles. The van der Waals surface area contributed by atoms with E-state index in [1.165, 1.54) is 18.0 Å². The van der Waals surface area contributed by atoms with Crippen molar-refractivity contribution in [2.45, 2.75) is 43.3 Å². The number of halogens is 12. The molecule has 0 atom stereocenters. The van der Waals surface area contributed by atoms with Gasteiger partial charge in [0.05, 0.1) is 10.6 Å². The van der Waals surface area contributed by atoms with Gasteiger partial charge in [-0.3, -0.25) is 9.79 Å². The van der Waals surface area contributed by atoms with Crippen LogP contribution in [-0.4, -0.2) is 53.8 Å². The fourth-order valence-electron chi connectivity index (χ4n) is 3.51. The average molecular weight is 641 g/mol. The van der Waals surface area contributed by atoms with E-state index in [9.17, 15) is 48.7 Å². The van der Waals surface area contributed by atoms with E-state index >= 15 is 0 Å². The van der Waals surface area contributed by atoms with Crippen molar-refractivity contribution in [3.63, 3.8) is 0 Å². The summed E-state index contributed by atoms with van der Waals surface area (Å²) in [7, 11) is 1.53. The number of pyridine rings is 1. The van der Waals surface area contributed by atoms with Crippen LogP contribution in [0.1, 0.15) is 34.3 Å². The molecule has 0 bridgehead atoms. The Morgan fingerprint density at radius 2 is 1.63 bits per heavy atom. The normalized spacial score (nSPS) is 15.4. The highest BCUT2D eigenvalue weighted by Crippen LogP contribution is 2.55. The molecule has 0 saturated heterocycles. The Kier molecular flexibility index (Phi) is 8.80. The lowest BCUT2D eigenvalue weighted by atomic mass is 9.93. The van der Waals surface area contributed by atoms with E-state index in [1.807, 2.05) is 0 Å². The van der Waals surface area contributed by atoms with Crippen LogP contribution in [0.2, 0.25) is 10.2 Å².